The van der Waals surface area contributed by atoms with Gasteiger partial charge in [-0.25, -0.2) is 0 Å². The van der Waals surface area contributed by atoms with Crippen LogP contribution in [-0.4, -0.2) is 9.55 Å². The molecule has 26 heavy (non-hydrogen) atoms. The summed E-state index contributed by atoms with van der Waals surface area (Å²) in [6.45, 7) is 6.76. The van der Waals surface area contributed by atoms with E-state index in [2.05, 4.69) is 65.5 Å². The number of hydrogen-bond acceptors (Lipinski definition) is 2. The van der Waals surface area contributed by atoms with E-state index in [0.717, 1.165) is 27.1 Å². The summed E-state index contributed by atoms with van der Waals surface area (Å²) >= 11 is 8.32. The Labute approximate surface area is 163 Å². The standard InChI is InChI=1S/C22H21ClN2S/c1-14(2)15(3)25-12-19(22-20(23)5-4-6-21(22)25)18-9-17(10-24-11-18)16-7-8-26-13-16/h4-15H,1-3H3. The summed E-state index contributed by atoms with van der Waals surface area (Å²) in [6.07, 6.45) is 6.08. The third-order valence-electron chi connectivity index (χ3n) is 5.11. The molecule has 2 nitrogen and oxygen atoms in total. The zero-order valence-electron chi connectivity index (χ0n) is 15.1. The van der Waals surface area contributed by atoms with Crippen LogP contribution in [0.3, 0.4) is 0 Å². The molecule has 0 saturated carbocycles. The van der Waals surface area contributed by atoms with Crippen LogP contribution < -0.4 is 0 Å². The molecule has 0 spiro atoms. The SMILES string of the molecule is CC(C)C(C)n1cc(-c2cncc(-c3ccsc3)c2)c2c(Cl)cccc21. The molecule has 1 aromatic carbocycles. The predicted octanol–water partition coefficient (Wildman–Crippen LogP) is 7.30. The summed E-state index contributed by atoms with van der Waals surface area (Å²) in [5.74, 6) is 0.535. The molecule has 0 aliphatic rings. The van der Waals surface area contributed by atoms with Gasteiger partial charge in [0.05, 0.1) is 10.5 Å². The van der Waals surface area contributed by atoms with E-state index in [1.165, 1.54) is 11.1 Å². The summed E-state index contributed by atoms with van der Waals surface area (Å²) in [4.78, 5) is 4.49. The number of hydrogen-bond donors (Lipinski definition) is 0. The van der Waals surface area contributed by atoms with E-state index in [-0.39, 0.29) is 0 Å². The third-order valence-corrected chi connectivity index (χ3v) is 6.11. The fourth-order valence-corrected chi connectivity index (χ4v) is 4.25. The number of pyridine rings is 1. The van der Waals surface area contributed by atoms with E-state index in [1.807, 2.05) is 24.5 Å². The van der Waals surface area contributed by atoms with Crippen molar-refractivity contribution in [2.24, 2.45) is 5.92 Å². The van der Waals surface area contributed by atoms with E-state index in [9.17, 15) is 0 Å². The van der Waals surface area contributed by atoms with E-state index in [4.69, 9.17) is 11.6 Å². The minimum atomic E-state index is 0.387. The van der Waals surface area contributed by atoms with Crippen molar-refractivity contribution in [3.8, 4) is 22.3 Å². The van der Waals surface area contributed by atoms with Gasteiger partial charge in [-0.05, 0) is 53.4 Å². The summed E-state index contributed by atoms with van der Waals surface area (Å²) < 4.78 is 2.35. The Hall–Kier alpha value is -2.10. The predicted molar refractivity (Wildman–Crippen MR) is 113 cm³/mol. The van der Waals surface area contributed by atoms with E-state index >= 15 is 0 Å². The fraction of sp³-hybridized carbons (Fsp3) is 0.227. The van der Waals surface area contributed by atoms with Crippen LogP contribution >= 0.6 is 22.9 Å². The highest BCUT2D eigenvalue weighted by Gasteiger charge is 2.18. The zero-order valence-corrected chi connectivity index (χ0v) is 16.7. The number of rotatable bonds is 4. The van der Waals surface area contributed by atoms with E-state index < -0.39 is 0 Å². The molecule has 4 aromatic rings. The topological polar surface area (TPSA) is 17.8 Å². The molecule has 132 valence electrons. The normalized spacial score (nSPS) is 12.8. The molecular weight excluding hydrogens is 360 g/mol. The zero-order chi connectivity index (χ0) is 18.3. The first-order chi connectivity index (χ1) is 12.6. The molecule has 1 unspecified atom stereocenters. The molecule has 0 amide bonds. The summed E-state index contributed by atoms with van der Waals surface area (Å²) in [5, 5.41) is 6.13. The molecule has 0 fully saturated rings. The molecule has 0 aliphatic heterocycles. The average Bonchev–Trinajstić information content (AvgIpc) is 3.30. The Morgan fingerprint density at radius 2 is 1.85 bits per heavy atom. The second kappa shape index (κ2) is 6.90. The largest absolute Gasteiger partial charge is 0.344 e. The summed E-state index contributed by atoms with van der Waals surface area (Å²) in [5.41, 5.74) is 5.75. The Kier molecular flexibility index (Phi) is 4.60. The van der Waals surface area contributed by atoms with Gasteiger partial charge >= 0.3 is 0 Å². The molecule has 0 N–H and O–H groups in total. The average molecular weight is 381 g/mol. The van der Waals surface area contributed by atoms with Crippen molar-refractivity contribution in [1.82, 2.24) is 9.55 Å². The first-order valence-electron chi connectivity index (χ1n) is 8.83. The number of nitrogens with zero attached hydrogens (tertiary/aromatic N) is 2. The maximum atomic E-state index is 6.62. The molecule has 3 heterocycles. The molecule has 3 aromatic heterocycles. The second-order valence-corrected chi connectivity index (χ2v) is 8.23. The van der Waals surface area contributed by atoms with Gasteiger partial charge in [-0.3, -0.25) is 4.98 Å². The molecule has 0 radical (unpaired) electrons. The lowest BCUT2D eigenvalue weighted by Crippen LogP contribution is -2.10. The van der Waals surface area contributed by atoms with Gasteiger partial charge < -0.3 is 4.57 Å². The minimum Gasteiger partial charge on any atom is -0.344 e. The van der Waals surface area contributed by atoms with Gasteiger partial charge in [0.25, 0.3) is 0 Å². The fourth-order valence-electron chi connectivity index (χ4n) is 3.32. The van der Waals surface area contributed by atoms with Crippen LogP contribution in [0.25, 0.3) is 33.2 Å². The van der Waals surface area contributed by atoms with Crippen molar-refractivity contribution >= 4 is 33.8 Å². The van der Waals surface area contributed by atoms with Gasteiger partial charge in [0.1, 0.15) is 0 Å². The van der Waals surface area contributed by atoms with Gasteiger partial charge in [-0.15, -0.1) is 0 Å². The van der Waals surface area contributed by atoms with Crippen LogP contribution in [0.1, 0.15) is 26.8 Å². The first-order valence-corrected chi connectivity index (χ1v) is 10.2. The Balaban J connectivity index is 1.94. The van der Waals surface area contributed by atoms with Crippen molar-refractivity contribution < 1.29 is 0 Å². The highest BCUT2D eigenvalue weighted by Crippen LogP contribution is 2.38. The van der Waals surface area contributed by atoms with Crippen molar-refractivity contribution in [3.05, 3.63) is 64.7 Å². The van der Waals surface area contributed by atoms with Crippen LogP contribution in [0.2, 0.25) is 5.02 Å². The maximum absolute atomic E-state index is 6.62. The highest BCUT2D eigenvalue weighted by atomic mass is 35.5. The monoisotopic (exact) mass is 380 g/mol. The lowest BCUT2D eigenvalue weighted by atomic mass is 10.0. The first kappa shape index (κ1) is 17.3. The number of aromatic nitrogens is 2. The van der Waals surface area contributed by atoms with Crippen molar-refractivity contribution in [2.75, 3.05) is 0 Å². The number of halogens is 1. The van der Waals surface area contributed by atoms with Gasteiger partial charge in [0.2, 0.25) is 0 Å². The quantitative estimate of drug-likeness (QED) is 0.363. The highest BCUT2D eigenvalue weighted by molar-refractivity contribution is 7.08. The third kappa shape index (κ3) is 2.95. The minimum absolute atomic E-state index is 0.387. The summed E-state index contributed by atoms with van der Waals surface area (Å²) in [7, 11) is 0. The molecular formula is C22H21ClN2S. The molecule has 0 saturated heterocycles. The Bertz CT molecular complexity index is 1050. The van der Waals surface area contributed by atoms with Crippen LogP contribution in [0.5, 0.6) is 0 Å². The Morgan fingerprint density at radius 1 is 1.04 bits per heavy atom. The van der Waals surface area contributed by atoms with Crippen molar-refractivity contribution in [3.63, 3.8) is 0 Å². The van der Waals surface area contributed by atoms with Gasteiger partial charge in [-0.1, -0.05) is 31.5 Å². The molecule has 4 rings (SSSR count). The Morgan fingerprint density at radius 3 is 2.58 bits per heavy atom. The van der Waals surface area contributed by atoms with Gasteiger partial charge in [-0.2, -0.15) is 11.3 Å². The maximum Gasteiger partial charge on any atom is 0.0506 e. The van der Waals surface area contributed by atoms with Crippen molar-refractivity contribution in [1.29, 1.82) is 0 Å². The van der Waals surface area contributed by atoms with Crippen LogP contribution in [0.4, 0.5) is 0 Å². The number of benzene rings is 1. The number of thiophene rings is 1. The van der Waals surface area contributed by atoms with Crippen molar-refractivity contribution in [2.45, 2.75) is 26.8 Å². The lowest BCUT2D eigenvalue weighted by molar-refractivity contribution is 0.419. The van der Waals surface area contributed by atoms with Gasteiger partial charge in [0.15, 0.2) is 0 Å². The van der Waals surface area contributed by atoms with Crippen LogP contribution in [0.15, 0.2) is 59.7 Å². The van der Waals surface area contributed by atoms with E-state index in [0.29, 0.717) is 12.0 Å². The summed E-state index contributed by atoms with van der Waals surface area (Å²) in [6, 6.07) is 10.9. The molecule has 1 atom stereocenters. The van der Waals surface area contributed by atoms with Gasteiger partial charge in [0, 0.05) is 46.7 Å². The number of fused-ring (bicyclic) bond motifs is 1. The molecule has 4 heteroatoms. The van der Waals surface area contributed by atoms with Crippen LogP contribution in [-0.2, 0) is 0 Å². The molecule has 0 aliphatic carbocycles. The smallest absolute Gasteiger partial charge is 0.0506 e. The van der Waals surface area contributed by atoms with Crippen LogP contribution in [0, 0.1) is 5.92 Å². The lowest BCUT2D eigenvalue weighted by Gasteiger charge is -2.19. The van der Waals surface area contributed by atoms with E-state index in [1.54, 1.807) is 11.3 Å². The molecule has 0 bridgehead atoms. The second-order valence-electron chi connectivity index (χ2n) is 7.04.